The smallest absolute Gasteiger partial charge is 0.356 e. The van der Waals surface area contributed by atoms with Gasteiger partial charge in [0.25, 0.3) is 0 Å². The number of halogens is 3. The van der Waals surface area contributed by atoms with Crippen molar-refractivity contribution >= 4 is 11.8 Å². The molecule has 7 nitrogen and oxygen atoms in total. The summed E-state index contributed by atoms with van der Waals surface area (Å²) in [6.07, 6.45) is -1.96. The van der Waals surface area contributed by atoms with Crippen molar-refractivity contribution in [1.82, 2.24) is 20.9 Å². The number of amides is 2. The molecule has 0 aromatic rings. The molecule has 0 aliphatic carbocycles. The SMILES string of the molecule is CC(C)[C@@H](CN1CC[C@@H](C)C[C@H]1C(=O)N[C@H](C#N)C[C@@H]1CCNC1=O)NCC(F)(F)F. The average Bonchev–Trinajstić information content (AvgIpc) is 3.08. The second-order valence-corrected chi connectivity index (χ2v) is 9.19. The molecule has 0 unspecified atom stereocenters. The van der Waals surface area contributed by atoms with E-state index >= 15 is 0 Å². The molecule has 0 spiro atoms. The van der Waals surface area contributed by atoms with Crippen molar-refractivity contribution in [2.45, 2.75) is 70.8 Å². The van der Waals surface area contributed by atoms with Crippen molar-refractivity contribution in [3.63, 3.8) is 0 Å². The summed E-state index contributed by atoms with van der Waals surface area (Å²) in [6, 6.07) is 0.375. The van der Waals surface area contributed by atoms with Crippen molar-refractivity contribution in [3.05, 3.63) is 0 Å². The van der Waals surface area contributed by atoms with Crippen LogP contribution >= 0.6 is 0 Å². The third-order valence-electron chi connectivity index (χ3n) is 6.23. The number of hydrogen-bond donors (Lipinski definition) is 3. The summed E-state index contributed by atoms with van der Waals surface area (Å²) >= 11 is 0. The monoisotopic (exact) mass is 445 g/mol. The summed E-state index contributed by atoms with van der Waals surface area (Å²) in [7, 11) is 0. The maximum atomic E-state index is 13.0. The number of nitriles is 1. The van der Waals surface area contributed by atoms with E-state index in [1.165, 1.54) is 0 Å². The Hall–Kier alpha value is -1.86. The fraction of sp³-hybridized carbons (Fsp3) is 0.857. The van der Waals surface area contributed by atoms with Crippen molar-refractivity contribution < 1.29 is 22.8 Å². The largest absolute Gasteiger partial charge is 0.401 e. The third kappa shape index (κ3) is 7.96. The highest BCUT2D eigenvalue weighted by Gasteiger charge is 2.36. The molecule has 10 heteroatoms. The van der Waals surface area contributed by atoms with E-state index in [4.69, 9.17) is 0 Å². The van der Waals surface area contributed by atoms with E-state index in [9.17, 15) is 28.0 Å². The fourth-order valence-electron chi connectivity index (χ4n) is 4.26. The number of piperidine rings is 1. The van der Waals surface area contributed by atoms with Gasteiger partial charge in [0, 0.05) is 25.0 Å². The van der Waals surface area contributed by atoms with Gasteiger partial charge in [0.15, 0.2) is 0 Å². The zero-order valence-electron chi connectivity index (χ0n) is 18.5. The summed E-state index contributed by atoms with van der Waals surface area (Å²) < 4.78 is 38.1. The minimum Gasteiger partial charge on any atom is -0.356 e. The topological polar surface area (TPSA) is 97.3 Å². The van der Waals surface area contributed by atoms with E-state index in [0.29, 0.717) is 38.4 Å². The number of alkyl halides is 3. The lowest BCUT2D eigenvalue weighted by Crippen LogP contribution is -2.57. The molecule has 2 saturated heterocycles. The second kappa shape index (κ2) is 11.1. The van der Waals surface area contributed by atoms with Crippen LogP contribution in [-0.4, -0.2) is 67.2 Å². The fourth-order valence-corrected chi connectivity index (χ4v) is 4.26. The second-order valence-electron chi connectivity index (χ2n) is 9.19. The Morgan fingerprint density at radius 2 is 2.06 bits per heavy atom. The van der Waals surface area contributed by atoms with Crippen LogP contribution in [0.4, 0.5) is 13.2 Å². The lowest BCUT2D eigenvalue weighted by Gasteiger charge is -2.40. The summed E-state index contributed by atoms with van der Waals surface area (Å²) in [6.45, 7) is 6.19. The van der Waals surface area contributed by atoms with Crippen LogP contribution in [0.25, 0.3) is 0 Å². The number of carbonyl (C=O) groups is 2. The van der Waals surface area contributed by atoms with Gasteiger partial charge in [0.2, 0.25) is 11.8 Å². The number of carbonyl (C=O) groups excluding carboxylic acids is 2. The van der Waals surface area contributed by atoms with Gasteiger partial charge < -0.3 is 16.0 Å². The van der Waals surface area contributed by atoms with Gasteiger partial charge in [-0.15, -0.1) is 0 Å². The molecule has 0 aromatic heterocycles. The van der Waals surface area contributed by atoms with Gasteiger partial charge in [0.1, 0.15) is 6.04 Å². The summed E-state index contributed by atoms with van der Waals surface area (Å²) in [5, 5.41) is 17.6. The maximum Gasteiger partial charge on any atom is 0.401 e. The van der Waals surface area contributed by atoms with Crippen LogP contribution in [0.2, 0.25) is 0 Å². The first-order chi connectivity index (χ1) is 14.5. The summed E-state index contributed by atoms with van der Waals surface area (Å²) in [5.41, 5.74) is 0. The zero-order chi connectivity index (χ0) is 23.2. The van der Waals surface area contributed by atoms with Crippen molar-refractivity contribution in [2.24, 2.45) is 17.8 Å². The number of nitrogens with one attached hydrogen (secondary N) is 3. The van der Waals surface area contributed by atoms with Crippen LogP contribution in [0, 0.1) is 29.1 Å². The van der Waals surface area contributed by atoms with Crippen molar-refractivity contribution in [1.29, 1.82) is 5.26 Å². The first-order valence-corrected chi connectivity index (χ1v) is 11.0. The molecule has 2 fully saturated rings. The summed E-state index contributed by atoms with van der Waals surface area (Å²) in [5.74, 6) is -0.428. The Kier molecular flexibility index (Phi) is 9.13. The Balaban J connectivity index is 2.02. The lowest BCUT2D eigenvalue weighted by molar-refractivity contribution is -0.132. The molecule has 0 radical (unpaired) electrons. The normalized spacial score (nSPS) is 26.9. The first kappa shape index (κ1) is 25.4. The van der Waals surface area contributed by atoms with Crippen molar-refractivity contribution in [2.75, 3.05) is 26.2 Å². The molecule has 5 atom stereocenters. The van der Waals surface area contributed by atoms with Gasteiger partial charge in [-0.2, -0.15) is 18.4 Å². The molecule has 176 valence electrons. The molecule has 0 bridgehead atoms. The molecule has 2 amide bonds. The van der Waals surface area contributed by atoms with E-state index in [0.717, 1.165) is 6.42 Å². The van der Waals surface area contributed by atoms with E-state index < -0.39 is 30.8 Å². The molecule has 0 saturated carbocycles. The molecule has 0 aromatic carbocycles. The van der Waals surface area contributed by atoms with Crippen LogP contribution in [0.15, 0.2) is 0 Å². The van der Waals surface area contributed by atoms with E-state index in [2.05, 4.69) is 22.0 Å². The van der Waals surface area contributed by atoms with E-state index in [-0.39, 0.29) is 30.1 Å². The number of nitrogens with zero attached hydrogens (tertiary/aromatic N) is 2. The van der Waals surface area contributed by atoms with Crippen LogP contribution in [0.1, 0.15) is 46.5 Å². The van der Waals surface area contributed by atoms with Crippen LogP contribution in [-0.2, 0) is 9.59 Å². The van der Waals surface area contributed by atoms with Gasteiger partial charge in [-0.25, -0.2) is 0 Å². The lowest BCUT2D eigenvalue weighted by atomic mass is 9.90. The summed E-state index contributed by atoms with van der Waals surface area (Å²) in [4.78, 5) is 26.8. The highest BCUT2D eigenvalue weighted by Crippen LogP contribution is 2.25. The maximum absolute atomic E-state index is 13.0. The minimum atomic E-state index is -4.30. The van der Waals surface area contributed by atoms with Gasteiger partial charge >= 0.3 is 6.18 Å². The zero-order valence-corrected chi connectivity index (χ0v) is 18.5. The number of likely N-dealkylation sites (tertiary alicyclic amines) is 1. The Labute approximate surface area is 182 Å². The molecule has 2 aliphatic heterocycles. The van der Waals surface area contributed by atoms with Crippen LogP contribution in [0.5, 0.6) is 0 Å². The number of rotatable bonds is 9. The van der Waals surface area contributed by atoms with Gasteiger partial charge in [-0.3, -0.25) is 14.5 Å². The van der Waals surface area contributed by atoms with Gasteiger partial charge in [0.05, 0.1) is 18.7 Å². The van der Waals surface area contributed by atoms with Gasteiger partial charge in [-0.05, 0) is 44.1 Å². The number of hydrogen-bond acceptors (Lipinski definition) is 5. The van der Waals surface area contributed by atoms with Gasteiger partial charge in [-0.1, -0.05) is 20.8 Å². The Bertz CT molecular complexity index is 664. The highest BCUT2D eigenvalue weighted by atomic mass is 19.4. The molecule has 3 N–H and O–H groups in total. The van der Waals surface area contributed by atoms with Crippen molar-refractivity contribution in [3.8, 4) is 6.07 Å². The molecule has 31 heavy (non-hydrogen) atoms. The standard InChI is InChI=1S/C21H34F3N5O2/c1-13(2)17(27-12-21(22,23)24)11-29-7-5-14(3)8-18(29)20(31)28-16(10-25)9-15-4-6-26-19(15)30/h13-18,27H,4-9,11-12H2,1-3H3,(H,26,30)(H,28,31)/t14-,15+,16+,17-,18+/m1/s1. The Morgan fingerprint density at radius 3 is 2.61 bits per heavy atom. The molecule has 2 aliphatic rings. The predicted molar refractivity (Wildman–Crippen MR) is 110 cm³/mol. The molecule has 2 rings (SSSR count). The van der Waals surface area contributed by atoms with E-state index in [1.807, 2.05) is 25.7 Å². The van der Waals surface area contributed by atoms with Crippen LogP contribution < -0.4 is 16.0 Å². The molecule has 2 heterocycles. The van der Waals surface area contributed by atoms with E-state index in [1.54, 1.807) is 0 Å². The minimum absolute atomic E-state index is 0.0434. The first-order valence-electron chi connectivity index (χ1n) is 11.0. The quantitative estimate of drug-likeness (QED) is 0.503. The molecular weight excluding hydrogens is 411 g/mol. The predicted octanol–water partition coefficient (Wildman–Crippen LogP) is 1.80. The van der Waals surface area contributed by atoms with Crippen LogP contribution in [0.3, 0.4) is 0 Å². The third-order valence-corrected chi connectivity index (χ3v) is 6.23. The average molecular weight is 446 g/mol. The Morgan fingerprint density at radius 1 is 1.35 bits per heavy atom. The molecular formula is C21H34F3N5O2. The highest BCUT2D eigenvalue weighted by molar-refractivity contribution is 5.83.